The highest BCUT2D eigenvalue weighted by molar-refractivity contribution is 5.95. The fraction of sp³-hybridized carbons (Fsp3) is 0.133. The van der Waals surface area contributed by atoms with Crippen molar-refractivity contribution in [2.45, 2.75) is 13.0 Å². The molecule has 98 valence electrons. The molecule has 0 aliphatic carbocycles. The zero-order valence-corrected chi connectivity index (χ0v) is 10.6. The third kappa shape index (κ3) is 3.31. The van der Waals surface area contributed by atoms with Crippen molar-refractivity contribution in [3.63, 3.8) is 0 Å². The number of carbonyl (C=O) groups excluding carboxylic acids is 1. The van der Waals surface area contributed by atoms with Crippen LogP contribution in [0.25, 0.3) is 0 Å². The molecule has 0 bridgehead atoms. The minimum atomic E-state index is -0.293. The molecule has 3 N–H and O–H groups in total. The van der Waals surface area contributed by atoms with Crippen molar-refractivity contribution in [1.82, 2.24) is 5.32 Å². The summed E-state index contributed by atoms with van der Waals surface area (Å²) in [5, 5.41) is 2.84. The van der Waals surface area contributed by atoms with E-state index in [1.54, 1.807) is 36.4 Å². The molecular formula is C15H15FN2O. The molecule has 0 aliphatic heterocycles. The molecule has 1 amide bonds. The summed E-state index contributed by atoms with van der Waals surface area (Å²) < 4.78 is 12.8. The number of rotatable bonds is 3. The Hall–Kier alpha value is -2.36. The number of anilines is 1. The van der Waals surface area contributed by atoms with E-state index < -0.39 is 0 Å². The fourth-order valence-corrected chi connectivity index (χ4v) is 1.79. The van der Waals surface area contributed by atoms with E-state index in [4.69, 9.17) is 5.73 Å². The highest BCUT2D eigenvalue weighted by Gasteiger charge is 2.11. The minimum absolute atomic E-state index is 0.200. The Morgan fingerprint density at radius 2 is 1.89 bits per heavy atom. The van der Waals surface area contributed by atoms with Gasteiger partial charge in [-0.15, -0.1) is 0 Å². The van der Waals surface area contributed by atoms with Crippen molar-refractivity contribution in [3.8, 4) is 0 Å². The summed E-state index contributed by atoms with van der Waals surface area (Å²) in [6, 6.07) is 12.6. The summed E-state index contributed by atoms with van der Waals surface area (Å²) in [5.41, 5.74) is 7.53. The molecule has 1 atom stereocenters. The molecule has 0 heterocycles. The van der Waals surface area contributed by atoms with Gasteiger partial charge in [0.05, 0.1) is 6.04 Å². The van der Waals surface area contributed by atoms with Crippen LogP contribution in [0.2, 0.25) is 0 Å². The molecule has 0 fully saturated rings. The number of benzene rings is 2. The topological polar surface area (TPSA) is 55.1 Å². The Kier molecular flexibility index (Phi) is 3.80. The van der Waals surface area contributed by atoms with Crippen molar-refractivity contribution in [1.29, 1.82) is 0 Å². The molecule has 0 aromatic heterocycles. The number of nitrogens with two attached hydrogens (primary N) is 1. The summed E-state index contributed by atoms with van der Waals surface area (Å²) in [7, 11) is 0. The fourth-order valence-electron chi connectivity index (χ4n) is 1.79. The number of halogens is 1. The third-order valence-corrected chi connectivity index (χ3v) is 2.87. The van der Waals surface area contributed by atoms with Crippen LogP contribution in [-0.4, -0.2) is 5.91 Å². The second-order valence-corrected chi connectivity index (χ2v) is 4.37. The minimum Gasteiger partial charge on any atom is -0.399 e. The Morgan fingerprint density at radius 1 is 1.21 bits per heavy atom. The monoisotopic (exact) mass is 258 g/mol. The van der Waals surface area contributed by atoms with E-state index in [0.29, 0.717) is 11.3 Å². The number of amides is 1. The van der Waals surface area contributed by atoms with Crippen LogP contribution in [-0.2, 0) is 0 Å². The molecule has 0 aliphatic rings. The number of carbonyl (C=O) groups is 1. The Bertz CT molecular complexity index is 581. The Labute approximate surface area is 111 Å². The van der Waals surface area contributed by atoms with E-state index in [1.807, 2.05) is 6.92 Å². The first-order valence-corrected chi connectivity index (χ1v) is 5.98. The molecule has 2 rings (SSSR count). The van der Waals surface area contributed by atoms with Crippen molar-refractivity contribution < 1.29 is 9.18 Å². The smallest absolute Gasteiger partial charge is 0.251 e. The number of hydrogen-bond acceptors (Lipinski definition) is 2. The molecule has 4 heteroatoms. The lowest BCUT2D eigenvalue weighted by molar-refractivity contribution is 0.0940. The number of hydrogen-bond donors (Lipinski definition) is 2. The van der Waals surface area contributed by atoms with Crippen LogP contribution in [0.4, 0.5) is 10.1 Å². The van der Waals surface area contributed by atoms with Gasteiger partial charge in [0.2, 0.25) is 0 Å². The van der Waals surface area contributed by atoms with Gasteiger partial charge in [0.25, 0.3) is 5.91 Å². The number of nitrogens with one attached hydrogen (secondary N) is 1. The van der Waals surface area contributed by atoms with Gasteiger partial charge in [-0.1, -0.05) is 18.2 Å². The molecule has 19 heavy (non-hydrogen) atoms. The average Bonchev–Trinajstić information content (AvgIpc) is 2.39. The highest BCUT2D eigenvalue weighted by Crippen LogP contribution is 2.14. The van der Waals surface area contributed by atoms with Crippen LogP contribution in [0.3, 0.4) is 0 Å². The summed E-state index contributed by atoms with van der Waals surface area (Å²) in [5.74, 6) is -0.498. The van der Waals surface area contributed by atoms with Gasteiger partial charge >= 0.3 is 0 Å². The predicted molar refractivity (Wildman–Crippen MR) is 73.1 cm³/mol. The maximum absolute atomic E-state index is 12.8. The maximum Gasteiger partial charge on any atom is 0.251 e. The SMILES string of the molecule is C[C@H](NC(=O)c1cccc(N)c1)c1ccc(F)cc1. The molecule has 2 aromatic rings. The van der Waals surface area contributed by atoms with Crippen LogP contribution in [0, 0.1) is 5.82 Å². The van der Waals surface area contributed by atoms with Crippen molar-refractivity contribution >= 4 is 11.6 Å². The highest BCUT2D eigenvalue weighted by atomic mass is 19.1. The van der Waals surface area contributed by atoms with E-state index in [-0.39, 0.29) is 17.8 Å². The van der Waals surface area contributed by atoms with Gasteiger partial charge in [0, 0.05) is 11.3 Å². The first-order chi connectivity index (χ1) is 9.06. The molecule has 3 nitrogen and oxygen atoms in total. The van der Waals surface area contributed by atoms with E-state index in [1.165, 1.54) is 12.1 Å². The van der Waals surface area contributed by atoms with E-state index in [2.05, 4.69) is 5.32 Å². The zero-order chi connectivity index (χ0) is 13.8. The Balaban J connectivity index is 2.08. The molecule has 0 saturated carbocycles. The van der Waals surface area contributed by atoms with Crippen LogP contribution >= 0.6 is 0 Å². The molecule has 0 radical (unpaired) electrons. The first kappa shape index (κ1) is 13.1. The van der Waals surface area contributed by atoms with Gasteiger partial charge in [0.15, 0.2) is 0 Å². The molecule has 0 unspecified atom stereocenters. The van der Waals surface area contributed by atoms with E-state index >= 15 is 0 Å². The maximum atomic E-state index is 12.8. The van der Waals surface area contributed by atoms with E-state index in [9.17, 15) is 9.18 Å². The lowest BCUT2D eigenvalue weighted by Gasteiger charge is -2.14. The second-order valence-electron chi connectivity index (χ2n) is 4.37. The van der Waals surface area contributed by atoms with Gasteiger partial charge in [-0.25, -0.2) is 4.39 Å². The lowest BCUT2D eigenvalue weighted by atomic mass is 10.1. The van der Waals surface area contributed by atoms with Crippen LogP contribution in [0.5, 0.6) is 0 Å². The van der Waals surface area contributed by atoms with Gasteiger partial charge in [-0.2, -0.15) is 0 Å². The third-order valence-electron chi connectivity index (χ3n) is 2.87. The van der Waals surface area contributed by atoms with Gasteiger partial charge in [-0.05, 0) is 42.8 Å². The molecular weight excluding hydrogens is 243 g/mol. The van der Waals surface area contributed by atoms with E-state index in [0.717, 1.165) is 5.56 Å². The first-order valence-electron chi connectivity index (χ1n) is 5.98. The summed E-state index contributed by atoms with van der Waals surface area (Å²) >= 11 is 0. The number of nitrogen functional groups attached to an aromatic ring is 1. The van der Waals surface area contributed by atoms with Crippen molar-refractivity contribution in [2.75, 3.05) is 5.73 Å². The summed E-state index contributed by atoms with van der Waals surface area (Å²) in [4.78, 5) is 12.0. The standard InChI is InChI=1S/C15H15FN2O/c1-10(11-5-7-13(16)8-6-11)18-15(19)12-3-2-4-14(17)9-12/h2-10H,17H2,1H3,(H,18,19)/t10-/m0/s1. The average molecular weight is 258 g/mol. The zero-order valence-electron chi connectivity index (χ0n) is 10.6. The quantitative estimate of drug-likeness (QED) is 0.832. The van der Waals surface area contributed by atoms with Gasteiger partial charge < -0.3 is 11.1 Å². The van der Waals surface area contributed by atoms with Crippen molar-refractivity contribution in [2.24, 2.45) is 0 Å². The van der Waals surface area contributed by atoms with Crippen LogP contribution in [0.1, 0.15) is 28.9 Å². The second kappa shape index (κ2) is 5.52. The summed E-state index contributed by atoms with van der Waals surface area (Å²) in [6.07, 6.45) is 0. The molecule has 0 spiro atoms. The summed E-state index contributed by atoms with van der Waals surface area (Å²) in [6.45, 7) is 1.84. The molecule has 2 aromatic carbocycles. The lowest BCUT2D eigenvalue weighted by Crippen LogP contribution is -2.26. The van der Waals surface area contributed by atoms with Crippen molar-refractivity contribution in [3.05, 3.63) is 65.5 Å². The van der Waals surface area contributed by atoms with Crippen LogP contribution < -0.4 is 11.1 Å². The van der Waals surface area contributed by atoms with Gasteiger partial charge in [0.1, 0.15) is 5.82 Å². The van der Waals surface area contributed by atoms with Crippen LogP contribution in [0.15, 0.2) is 48.5 Å². The predicted octanol–water partition coefficient (Wildman–Crippen LogP) is 2.90. The largest absolute Gasteiger partial charge is 0.399 e. The Morgan fingerprint density at radius 3 is 2.53 bits per heavy atom. The normalized spacial score (nSPS) is 11.9. The van der Waals surface area contributed by atoms with Gasteiger partial charge in [-0.3, -0.25) is 4.79 Å². The molecule has 0 saturated heterocycles.